The van der Waals surface area contributed by atoms with Crippen LogP contribution in [-0.2, 0) is 20.1 Å². The minimum Gasteiger partial charge on any atom is -0.477 e. The molecule has 0 unspecified atom stereocenters. The van der Waals surface area contributed by atoms with Gasteiger partial charge >= 0.3 is 5.97 Å². The fraction of sp³-hybridized carbons (Fsp3) is 0.214. The molecule has 94 valence electrons. The van der Waals surface area contributed by atoms with Gasteiger partial charge in [-0.2, -0.15) is 0 Å². The van der Waals surface area contributed by atoms with Crippen molar-refractivity contribution in [3.05, 3.63) is 48.0 Å². The van der Waals surface area contributed by atoms with Gasteiger partial charge in [-0.05, 0) is 16.8 Å². The fourth-order valence-corrected chi connectivity index (χ4v) is 2.01. The van der Waals surface area contributed by atoms with Gasteiger partial charge in [-0.3, -0.25) is 0 Å². The maximum Gasteiger partial charge on any atom is 0.369 e. The lowest BCUT2D eigenvalue weighted by Crippen LogP contribution is -2.39. The molecule has 0 amide bonds. The molecule has 2 rings (SSSR count). The Morgan fingerprint density at radius 3 is 2.22 bits per heavy atom. The molecule has 0 aliphatic carbocycles. The second-order valence-corrected chi connectivity index (χ2v) is 3.89. The highest BCUT2D eigenvalue weighted by molar-refractivity contribution is 5.85. The Hall–Kier alpha value is -1.91. The summed E-state index contributed by atoms with van der Waals surface area (Å²) in [6.45, 7) is 0. The number of hydrogen-bond donors (Lipinski definition) is 1. The zero-order valence-electron chi connectivity index (χ0n) is 10.2. The average molecular weight is 246 g/mol. The van der Waals surface area contributed by atoms with Crippen LogP contribution in [0.2, 0.25) is 0 Å². The summed E-state index contributed by atoms with van der Waals surface area (Å²) in [6, 6.07) is 13.0. The van der Waals surface area contributed by atoms with E-state index < -0.39 is 11.8 Å². The van der Waals surface area contributed by atoms with Gasteiger partial charge in [0.15, 0.2) is 0 Å². The standard InChI is InChI=1S/C14H14O4/c1-17-14(18-2,13(15)16)12-8-7-10-5-3-4-6-11(10)9-12/h3-9H,1-2H3,(H,15,16). The van der Waals surface area contributed by atoms with E-state index in [-0.39, 0.29) is 0 Å². The van der Waals surface area contributed by atoms with E-state index in [0.29, 0.717) is 5.56 Å². The van der Waals surface area contributed by atoms with Crippen molar-refractivity contribution in [1.29, 1.82) is 0 Å². The lowest BCUT2D eigenvalue weighted by molar-refractivity contribution is -0.231. The number of carbonyl (C=O) groups is 1. The molecule has 0 saturated carbocycles. The van der Waals surface area contributed by atoms with Crippen LogP contribution in [0.1, 0.15) is 5.56 Å². The molecule has 0 fully saturated rings. The van der Waals surface area contributed by atoms with Gasteiger partial charge in [0.2, 0.25) is 0 Å². The first-order valence-corrected chi connectivity index (χ1v) is 5.47. The van der Waals surface area contributed by atoms with Gasteiger partial charge in [-0.1, -0.05) is 36.4 Å². The van der Waals surface area contributed by atoms with Gasteiger partial charge in [0.1, 0.15) is 0 Å². The quantitative estimate of drug-likeness (QED) is 0.841. The number of hydrogen-bond acceptors (Lipinski definition) is 3. The third-order valence-corrected chi connectivity index (χ3v) is 2.99. The van der Waals surface area contributed by atoms with Crippen molar-refractivity contribution in [2.75, 3.05) is 14.2 Å². The molecule has 0 bridgehead atoms. The van der Waals surface area contributed by atoms with Crippen molar-refractivity contribution in [2.24, 2.45) is 0 Å². The van der Waals surface area contributed by atoms with Crippen molar-refractivity contribution in [3.8, 4) is 0 Å². The summed E-state index contributed by atoms with van der Waals surface area (Å²) in [5.41, 5.74) is 0.457. The normalized spacial score (nSPS) is 11.7. The molecule has 18 heavy (non-hydrogen) atoms. The fourth-order valence-electron chi connectivity index (χ4n) is 2.01. The molecule has 0 spiro atoms. The highest BCUT2D eigenvalue weighted by Crippen LogP contribution is 2.29. The first-order valence-electron chi connectivity index (χ1n) is 5.47. The predicted octanol–water partition coefficient (Wildman–Crippen LogP) is 2.37. The second kappa shape index (κ2) is 4.76. The van der Waals surface area contributed by atoms with Gasteiger partial charge in [-0.15, -0.1) is 0 Å². The van der Waals surface area contributed by atoms with Crippen molar-refractivity contribution >= 4 is 16.7 Å². The van der Waals surface area contributed by atoms with E-state index in [0.717, 1.165) is 10.8 Å². The molecule has 0 aliphatic rings. The van der Waals surface area contributed by atoms with Gasteiger partial charge < -0.3 is 14.6 Å². The summed E-state index contributed by atoms with van der Waals surface area (Å²) in [6.07, 6.45) is 0. The Morgan fingerprint density at radius 1 is 1.06 bits per heavy atom. The highest BCUT2D eigenvalue weighted by atomic mass is 16.7. The molecule has 1 N–H and O–H groups in total. The van der Waals surface area contributed by atoms with Crippen LogP contribution >= 0.6 is 0 Å². The van der Waals surface area contributed by atoms with Gasteiger partial charge in [0.25, 0.3) is 5.79 Å². The third-order valence-electron chi connectivity index (χ3n) is 2.99. The molecular weight excluding hydrogens is 232 g/mol. The first-order chi connectivity index (χ1) is 8.64. The molecule has 0 aromatic heterocycles. The van der Waals surface area contributed by atoms with Gasteiger partial charge in [0.05, 0.1) is 0 Å². The molecule has 2 aromatic carbocycles. The number of ether oxygens (including phenoxy) is 2. The smallest absolute Gasteiger partial charge is 0.369 e. The SMILES string of the molecule is COC(OC)(C(=O)O)c1ccc2ccccc2c1. The van der Waals surface area contributed by atoms with E-state index in [2.05, 4.69) is 0 Å². The summed E-state index contributed by atoms with van der Waals surface area (Å²) in [5.74, 6) is -2.94. The van der Waals surface area contributed by atoms with Crippen LogP contribution in [0.5, 0.6) is 0 Å². The summed E-state index contributed by atoms with van der Waals surface area (Å²) in [7, 11) is 2.62. The molecule has 0 radical (unpaired) electrons. The Balaban J connectivity index is 2.61. The zero-order valence-corrected chi connectivity index (χ0v) is 10.2. The van der Waals surface area contributed by atoms with Gasteiger partial charge in [-0.25, -0.2) is 4.79 Å². The van der Waals surface area contributed by atoms with Crippen LogP contribution in [-0.4, -0.2) is 25.3 Å². The van der Waals surface area contributed by atoms with Crippen LogP contribution in [0.4, 0.5) is 0 Å². The van der Waals surface area contributed by atoms with E-state index in [1.165, 1.54) is 14.2 Å². The molecule has 0 aliphatic heterocycles. The van der Waals surface area contributed by atoms with Crippen LogP contribution in [0.15, 0.2) is 42.5 Å². The summed E-state index contributed by atoms with van der Waals surface area (Å²) >= 11 is 0. The number of fused-ring (bicyclic) bond motifs is 1. The minimum absolute atomic E-state index is 0.457. The topological polar surface area (TPSA) is 55.8 Å². The lowest BCUT2D eigenvalue weighted by atomic mass is 10.0. The number of rotatable bonds is 4. The molecule has 0 heterocycles. The summed E-state index contributed by atoms with van der Waals surface area (Å²) in [4.78, 5) is 11.4. The zero-order chi connectivity index (χ0) is 13.2. The number of benzene rings is 2. The Kier molecular flexibility index (Phi) is 3.32. The lowest BCUT2D eigenvalue weighted by Gasteiger charge is -2.26. The highest BCUT2D eigenvalue weighted by Gasteiger charge is 2.41. The Morgan fingerprint density at radius 2 is 1.67 bits per heavy atom. The number of aliphatic carboxylic acids is 1. The van der Waals surface area contributed by atoms with Crippen LogP contribution in [0, 0.1) is 0 Å². The molecule has 4 nitrogen and oxygen atoms in total. The number of carboxylic acids is 1. The monoisotopic (exact) mass is 246 g/mol. The molecule has 0 saturated heterocycles. The van der Waals surface area contributed by atoms with Crippen molar-refractivity contribution in [2.45, 2.75) is 5.79 Å². The summed E-state index contributed by atoms with van der Waals surface area (Å²) in [5, 5.41) is 11.3. The van der Waals surface area contributed by atoms with Crippen molar-refractivity contribution < 1.29 is 19.4 Å². The maximum atomic E-state index is 11.4. The molecule has 0 atom stereocenters. The second-order valence-electron chi connectivity index (χ2n) is 3.89. The van der Waals surface area contributed by atoms with E-state index in [4.69, 9.17) is 9.47 Å². The molecule has 2 aromatic rings. The third kappa shape index (κ3) is 1.85. The van der Waals surface area contributed by atoms with Crippen molar-refractivity contribution in [1.82, 2.24) is 0 Å². The molecular formula is C14H14O4. The van der Waals surface area contributed by atoms with Gasteiger partial charge in [0, 0.05) is 19.8 Å². The van der Waals surface area contributed by atoms with Crippen LogP contribution < -0.4 is 0 Å². The number of methoxy groups -OCH3 is 2. The van der Waals surface area contributed by atoms with Crippen molar-refractivity contribution in [3.63, 3.8) is 0 Å². The minimum atomic E-state index is -1.76. The van der Waals surface area contributed by atoms with E-state index in [9.17, 15) is 9.90 Å². The average Bonchev–Trinajstić information content (AvgIpc) is 2.40. The summed E-state index contributed by atoms with van der Waals surface area (Å²) < 4.78 is 10.1. The largest absolute Gasteiger partial charge is 0.477 e. The van der Waals surface area contributed by atoms with E-state index in [1.54, 1.807) is 12.1 Å². The Bertz CT molecular complexity index is 573. The predicted molar refractivity (Wildman–Crippen MR) is 67.3 cm³/mol. The maximum absolute atomic E-state index is 11.4. The Labute approximate surface area is 105 Å². The van der Waals surface area contributed by atoms with E-state index in [1.807, 2.05) is 30.3 Å². The molecule has 4 heteroatoms. The first kappa shape index (κ1) is 12.5. The number of carboxylic acid groups (broad SMARTS) is 1. The van der Waals surface area contributed by atoms with E-state index >= 15 is 0 Å². The van der Waals surface area contributed by atoms with Crippen LogP contribution in [0.3, 0.4) is 0 Å². The van der Waals surface area contributed by atoms with Crippen LogP contribution in [0.25, 0.3) is 10.8 Å².